The molecule has 3 rings (SSSR count). The first-order valence-electron chi connectivity index (χ1n) is 6.38. The summed E-state index contributed by atoms with van der Waals surface area (Å²) in [6, 6.07) is 5.80. The average molecular weight is 240 g/mol. The second-order valence-corrected chi connectivity index (χ2v) is 5.00. The minimum Gasteiger partial charge on any atom is -0.489 e. The number of ketones is 1. The van der Waals surface area contributed by atoms with E-state index in [1.54, 1.807) is 0 Å². The Kier molecular flexibility index (Phi) is 2.78. The highest BCUT2D eigenvalue weighted by Gasteiger charge is 2.30. The molecule has 1 aromatic carbocycles. The van der Waals surface area contributed by atoms with Gasteiger partial charge in [0.1, 0.15) is 11.9 Å². The summed E-state index contributed by atoms with van der Waals surface area (Å²) in [5, 5.41) is 0. The lowest BCUT2D eigenvalue weighted by molar-refractivity contribution is 0.0783. The molecule has 0 N–H and O–H groups in total. The summed E-state index contributed by atoms with van der Waals surface area (Å²) in [5.74, 6) is 1.26. The van der Waals surface area contributed by atoms with Crippen LogP contribution in [0.3, 0.4) is 0 Å². The largest absolute Gasteiger partial charge is 0.489 e. The van der Waals surface area contributed by atoms with E-state index in [-0.39, 0.29) is 11.9 Å². The molecule has 0 fully saturated rings. The lowest BCUT2D eigenvalue weighted by Gasteiger charge is -2.30. The van der Waals surface area contributed by atoms with Gasteiger partial charge in [-0.25, -0.2) is 0 Å². The zero-order valence-electron chi connectivity index (χ0n) is 10.4. The minimum absolute atomic E-state index is 0.0204. The van der Waals surface area contributed by atoms with E-state index in [1.165, 1.54) is 0 Å². The van der Waals surface area contributed by atoms with Crippen LogP contribution in [-0.2, 0) is 0 Å². The van der Waals surface area contributed by atoms with Crippen LogP contribution < -0.4 is 4.74 Å². The van der Waals surface area contributed by atoms with E-state index in [0.29, 0.717) is 12.3 Å². The number of fused-ring (bicyclic) bond motifs is 1. The molecular weight excluding hydrogens is 224 g/mol. The summed E-state index contributed by atoms with van der Waals surface area (Å²) in [6.07, 6.45) is 9.76. The van der Waals surface area contributed by atoms with Crippen molar-refractivity contribution in [2.45, 2.75) is 25.9 Å². The van der Waals surface area contributed by atoms with E-state index in [2.05, 4.69) is 12.2 Å². The van der Waals surface area contributed by atoms with E-state index in [9.17, 15) is 4.79 Å². The first-order chi connectivity index (χ1) is 8.74. The van der Waals surface area contributed by atoms with Crippen molar-refractivity contribution in [3.8, 4) is 5.75 Å². The molecule has 1 unspecified atom stereocenters. The van der Waals surface area contributed by atoms with Crippen LogP contribution in [0.4, 0.5) is 0 Å². The number of hydrogen-bond donors (Lipinski definition) is 0. The predicted octanol–water partition coefficient (Wildman–Crippen LogP) is 3.46. The Morgan fingerprint density at radius 1 is 1.28 bits per heavy atom. The summed E-state index contributed by atoms with van der Waals surface area (Å²) >= 11 is 0. The Bertz CT molecular complexity index is 540. The molecule has 2 nitrogen and oxygen atoms in total. The molecule has 2 aliphatic rings. The summed E-state index contributed by atoms with van der Waals surface area (Å²) in [5.41, 5.74) is 1.86. The van der Waals surface area contributed by atoms with Gasteiger partial charge in [-0.3, -0.25) is 4.79 Å². The number of carbonyl (C=O) groups excluding carboxylic acids is 1. The molecule has 18 heavy (non-hydrogen) atoms. The normalized spacial score (nSPS) is 25.7. The van der Waals surface area contributed by atoms with Crippen LogP contribution in [0.1, 0.15) is 28.8 Å². The third-order valence-electron chi connectivity index (χ3n) is 3.59. The van der Waals surface area contributed by atoms with Gasteiger partial charge in [0.2, 0.25) is 0 Å². The van der Waals surface area contributed by atoms with Crippen molar-refractivity contribution in [1.29, 1.82) is 0 Å². The van der Waals surface area contributed by atoms with Gasteiger partial charge in [0.05, 0.1) is 5.56 Å². The second-order valence-electron chi connectivity index (χ2n) is 5.00. The number of carbonyl (C=O) groups is 1. The summed E-state index contributed by atoms with van der Waals surface area (Å²) in [6.45, 7) is 2.01. The number of ether oxygens (including phenoxy) is 1. The molecule has 2 atom stereocenters. The van der Waals surface area contributed by atoms with Crippen molar-refractivity contribution in [1.82, 2.24) is 0 Å². The molecule has 2 heteroatoms. The van der Waals surface area contributed by atoms with E-state index >= 15 is 0 Å². The highest BCUT2D eigenvalue weighted by molar-refractivity contribution is 6.00. The summed E-state index contributed by atoms with van der Waals surface area (Å²) < 4.78 is 6.02. The van der Waals surface area contributed by atoms with Crippen LogP contribution in [0, 0.1) is 12.8 Å². The molecule has 0 saturated heterocycles. The smallest absolute Gasteiger partial charge is 0.170 e. The first-order valence-corrected chi connectivity index (χ1v) is 6.38. The number of benzene rings is 1. The number of aryl methyl sites for hydroxylation is 1. The molecule has 1 aliphatic carbocycles. The van der Waals surface area contributed by atoms with Crippen LogP contribution in [0.25, 0.3) is 0 Å². The molecule has 0 spiro atoms. The summed E-state index contributed by atoms with van der Waals surface area (Å²) in [4.78, 5) is 12.1. The first kappa shape index (κ1) is 11.3. The van der Waals surface area contributed by atoms with Crippen LogP contribution in [0.5, 0.6) is 5.75 Å². The van der Waals surface area contributed by atoms with Crippen molar-refractivity contribution < 1.29 is 9.53 Å². The Labute approximate surface area is 107 Å². The number of hydrogen-bond acceptors (Lipinski definition) is 2. The van der Waals surface area contributed by atoms with Crippen molar-refractivity contribution >= 4 is 5.78 Å². The van der Waals surface area contributed by atoms with Gasteiger partial charge in [0.15, 0.2) is 5.78 Å². The topological polar surface area (TPSA) is 26.3 Å². The maximum atomic E-state index is 12.1. The highest BCUT2D eigenvalue weighted by Crippen LogP contribution is 2.33. The van der Waals surface area contributed by atoms with Gasteiger partial charge in [0.25, 0.3) is 0 Å². The van der Waals surface area contributed by atoms with Gasteiger partial charge < -0.3 is 4.74 Å². The fraction of sp³-hybridized carbons (Fsp3) is 0.312. The van der Waals surface area contributed by atoms with Crippen LogP contribution in [0.15, 0.2) is 42.5 Å². The monoisotopic (exact) mass is 240 g/mol. The zero-order chi connectivity index (χ0) is 12.5. The fourth-order valence-corrected chi connectivity index (χ4v) is 2.57. The van der Waals surface area contributed by atoms with E-state index in [0.717, 1.165) is 23.3 Å². The average Bonchev–Trinajstić information content (AvgIpc) is 2.39. The maximum Gasteiger partial charge on any atom is 0.170 e. The molecule has 0 aromatic heterocycles. The predicted molar refractivity (Wildman–Crippen MR) is 70.9 cm³/mol. The zero-order valence-corrected chi connectivity index (χ0v) is 10.4. The van der Waals surface area contributed by atoms with Crippen molar-refractivity contribution in [2.75, 3.05) is 0 Å². The molecule has 0 bridgehead atoms. The molecule has 92 valence electrons. The van der Waals surface area contributed by atoms with Crippen LogP contribution in [-0.4, -0.2) is 11.9 Å². The molecule has 1 aromatic rings. The Hall–Kier alpha value is -1.83. The van der Waals surface area contributed by atoms with Crippen molar-refractivity contribution in [3.63, 3.8) is 0 Å². The molecule has 1 aliphatic heterocycles. The minimum atomic E-state index is -0.0204. The number of rotatable bonds is 1. The Morgan fingerprint density at radius 2 is 2.17 bits per heavy atom. The number of allylic oxidation sites excluding steroid dienone is 3. The third kappa shape index (κ3) is 1.99. The van der Waals surface area contributed by atoms with Crippen LogP contribution in [0.2, 0.25) is 0 Å². The van der Waals surface area contributed by atoms with Crippen molar-refractivity contribution in [2.24, 2.45) is 5.92 Å². The highest BCUT2D eigenvalue weighted by atomic mass is 16.5. The molecule has 0 saturated carbocycles. The Morgan fingerprint density at radius 3 is 2.94 bits per heavy atom. The maximum absolute atomic E-state index is 12.1. The second kappa shape index (κ2) is 4.45. The molecule has 0 radical (unpaired) electrons. The Balaban J connectivity index is 1.88. The molecule has 1 heterocycles. The van der Waals surface area contributed by atoms with Gasteiger partial charge in [-0.2, -0.15) is 0 Å². The fourth-order valence-electron chi connectivity index (χ4n) is 2.57. The van der Waals surface area contributed by atoms with Gasteiger partial charge in [-0.15, -0.1) is 0 Å². The van der Waals surface area contributed by atoms with Gasteiger partial charge in [-0.05, 0) is 31.0 Å². The van der Waals surface area contributed by atoms with Crippen molar-refractivity contribution in [3.05, 3.63) is 53.6 Å². The van der Waals surface area contributed by atoms with Gasteiger partial charge in [0, 0.05) is 12.3 Å². The quantitative estimate of drug-likeness (QED) is 0.751. The number of Topliss-reactive ketones (excluding diaryl/α,β-unsaturated/α-hetero) is 1. The lowest BCUT2D eigenvalue weighted by Crippen LogP contribution is -2.33. The third-order valence-corrected chi connectivity index (χ3v) is 3.59. The van der Waals surface area contributed by atoms with E-state index in [1.807, 2.05) is 37.3 Å². The van der Waals surface area contributed by atoms with Gasteiger partial charge >= 0.3 is 0 Å². The van der Waals surface area contributed by atoms with Crippen LogP contribution >= 0.6 is 0 Å². The lowest BCUT2D eigenvalue weighted by atomic mass is 9.88. The standard InChI is InChI=1S/C16H16O2/c1-11-7-8-13-14(17)10-15(18-16(13)9-11)12-5-3-2-4-6-12/h2-5,7-9,12,15H,6,10H2,1H3/t12?,15-/m1/s1. The van der Waals surface area contributed by atoms with E-state index in [4.69, 9.17) is 4.74 Å². The molecular formula is C16H16O2. The van der Waals surface area contributed by atoms with E-state index < -0.39 is 0 Å². The summed E-state index contributed by atoms with van der Waals surface area (Å²) in [7, 11) is 0. The van der Waals surface area contributed by atoms with Gasteiger partial charge in [-0.1, -0.05) is 30.4 Å². The SMILES string of the molecule is Cc1ccc2c(c1)O[C@@H](C1C=CC=CC1)CC2=O. The molecule has 0 amide bonds.